The number of rotatable bonds is 6. The monoisotopic (exact) mass is 784 g/mol. The Kier molecular flexibility index (Phi) is 7.89. The lowest BCUT2D eigenvalue weighted by Gasteiger charge is -2.31. The summed E-state index contributed by atoms with van der Waals surface area (Å²) >= 11 is 0. The van der Waals surface area contributed by atoms with E-state index in [0.29, 0.717) is 40.5 Å². The van der Waals surface area contributed by atoms with Crippen molar-refractivity contribution in [2.24, 2.45) is 9.98 Å². The van der Waals surface area contributed by atoms with Crippen LogP contribution < -0.4 is 5.32 Å². The normalized spacial score (nSPS) is 15.9. The lowest BCUT2D eigenvalue weighted by Crippen LogP contribution is -2.37. The number of nitrogens with one attached hydrogen (secondary N) is 1. The molecule has 3 aliphatic rings. The molecule has 0 saturated heterocycles. The topological polar surface area (TPSA) is 127 Å². The standard InChI is InChI=1S/C51H32N10/c1-3-15-37-33(13-1)35-23-21-31(45-56-47(41-17-5-9-25-52-41)60-48(57-45)42-18-6-10-26-53-42)29-39(35)51(37)38-16-4-2-14-34(38)36-24-22-32(30-40(36)51)46-58-49(43-19-7-11-27-54-43)61-50(59-46)44-20-8-12-28-55-44/h1-30,45H,(H,56,57,60). The Bertz CT molecular complexity index is 3100. The van der Waals surface area contributed by atoms with Crippen LogP contribution >= 0.6 is 0 Å². The summed E-state index contributed by atoms with van der Waals surface area (Å²) in [5.74, 6) is 2.75. The first-order chi connectivity index (χ1) is 30.2. The van der Waals surface area contributed by atoms with Gasteiger partial charge in [-0.1, -0.05) is 97.1 Å². The molecular weight excluding hydrogens is 753 g/mol. The molecule has 1 atom stereocenters. The molecule has 9 aromatic rings. The van der Waals surface area contributed by atoms with Crippen molar-refractivity contribution in [1.29, 1.82) is 0 Å². The van der Waals surface area contributed by atoms with Gasteiger partial charge in [0.1, 0.15) is 22.8 Å². The van der Waals surface area contributed by atoms with Crippen molar-refractivity contribution >= 4 is 11.7 Å². The summed E-state index contributed by atoms with van der Waals surface area (Å²) in [5.41, 5.74) is 13.3. The van der Waals surface area contributed by atoms with Crippen LogP contribution in [0, 0.1) is 0 Å². The average Bonchev–Trinajstić information content (AvgIpc) is 3.81. The van der Waals surface area contributed by atoms with Gasteiger partial charge in [0.25, 0.3) is 0 Å². The van der Waals surface area contributed by atoms with Crippen LogP contribution in [-0.2, 0) is 5.41 Å². The fourth-order valence-corrected chi connectivity index (χ4v) is 9.05. The van der Waals surface area contributed by atoms with Crippen molar-refractivity contribution in [3.05, 3.63) is 222 Å². The summed E-state index contributed by atoms with van der Waals surface area (Å²) < 4.78 is 0. The van der Waals surface area contributed by atoms with Crippen molar-refractivity contribution in [3.63, 3.8) is 0 Å². The van der Waals surface area contributed by atoms with E-state index >= 15 is 0 Å². The number of pyridine rings is 4. The molecule has 5 aromatic heterocycles. The molecule has 10 heteroatoms. The molecule has 6 heterocycles. The summed E-state index contributed by atoms with van der Waals surface area (Å²) in [5, 5.41) is 3.43. The molecule has 2 aliphatic carbocycles. The minimum Gasteiger partial charge on any atom is -0.322 e. The van der Waals surface area contributed by atoms with Gasteiger partial charge < -0.3 is 5.32 Å². The van der Waals surface area contributed by atoms with Gasteiger partial charge in [-0.3, -0.25) is 19.9 Å². The largest absolute Gasteiger partial charge is 0.322 e. The van der Waals surface area contributed by atoms with E-state index in [0.717, 1.165) is 39.2 Å². The van der Waals surface area contributed by atoms with Crippen molar-refractivity contribution in [1.82, 2.24) is 40.2 Å². The fraction of sp³-hybridized carbons (Fsp3) is 0.0392. The molecule has 1 spiro atoms. The minimum atomic E-state index is -0.668. The maximum Gasteiger partial charge on any atom is 0.182 e. The molecule has 0 radical (unpaired) electrons. The molecule has 4 aromatic carbocycles. The number of amidine groups is 2. The number of aromatic nitrogens is 7. The van der Waals surface area contributed by atoms with Crippen LogP contribution in [0.4, 0.5) is 0 Å². The van der Waals surface area contributed by atoms with E-state index in [2.05, 4.69) is 110 Å². The molecule has 0 fully saturated rings. The summed E-state index contributed by atoms with van der Waals surface area (Å²) in [6.07, 6.45) is 6.48. The molecule has 0 amide bonds. The SMILES string of the molecule is c1ccc(C2=NC(c3ccc4c(c3)C3(c5ccccc5-c5ccc(-c6nc(-c7ccccn7)nc(-c7ccccn7)n6)cc53)c3ccccc3-4)N=C(c3ccccn3)N2)nc1. The van der Waals surface area contributed by atoms with Crippen LogP contribution in [0.25, 0.3) is 56.7 Å². The van der Waals surface area contributed by atoms with Gasteiger partial charge >= 0.3 is 0 Å². The third-order valence-electron chi connectivity index (χ3n) is 11.6. The van der Waals surface area contributed by atoms with Crippen LogP contribution in [0.2, 0.25) is 0 Å². The van der Waals surface area contributed by atoms with Gasteiger partial charge in [-0.25, -0.2) is 24.9 Å². The highest BCUT2D eigenvalue weighted by Crippen LogP contribution is 2.63. The molecule has 12 rings (SSSR count). The van der Waals surface area contributed by atoms with E-state index in [-0.39, 0.29) is 0 Å². The van der Waals surface area contributed by atoms with E-state index in [4.69, 9.17) is 24.9 Å². The predicted octanol–water partition coefficient (Wildman–Crippen LogP) is 9.29. The van der Waals surface area contributed by atoms with E-state index in [1.54, 1.807) is 24.8 Å². The predicted molar refractivity (Wildman–Crippen MR) is 235 cm³/mol. The van der Waals surface area contributed by atoms with Crippen LogP contribution in [0.3, 0.4) is 0 Å². The number of fused-ring (bicyclic) bond motifs is 10. The van der Waals surface area contributed by atoms with Crippen LogP contribution in [0.1, 0.15) is 45.4 Å². The molecule has 0 saturated carbocycles. The molecule has 61 heavy (non-hydrogen) atoms. The Morgan fingerprint density at radius 1 is 0.377 bits per heavy atom. The van der Waals surface area contributed by atoms with Gasteiger partial charge in [0.05, 0.1) is 5.41 Å². The second kappa shape index (κ2) is 13.9. The first kappa shape index (κ1) is 34.7. The molecule has 1 aliphatic heterocycles. The van der Waals surface area contributed by atoms with Crippen LogP contribution in [-0.4, -0.2) is 46.6 Å². The lowest BCUT2D eigenvalue weighted by molar-refractivity contribution is 0.742. The van der Waals surface area contributed by atoms with E-state index in [1.165, 1.54) is 27.8 Å². The van der Waals surface area contributed by atoms with Gasteiger partial charge in [-0.2, -0.15) is 0 Å². The number of benzene rings is 4. The molecule has 1 unspecified atom stereocenters. The lowest BCUT2D eigenvalue weighted by atomic mass is 9.70. The smallest absolute Gasteiger partial charge is 0.182 e. The number of hydrogen-bond acceptors (Lipinski definition) is 10. The molecule has 0 bridgehead atoms. The van der Waals surface area contributed by atoms with Gasteiger partial charge in [0.2, 0.25) is 0 Å². The molecule has 286 valence electrons. The summed E-state index contributed by atoms with van der Waals surface area (Å²) in [6.45, 7) is 0. The first-order valence-corrected chi connectivity index (χ1v) is 20.1. The minimum absolute atomic E-state index is 0.476. The third kappa shape index (κ3) is 5.53. The van der Waals surface area contributed by atoms with Gasteiger partial charge in [-0.05, 0) is 111 Å². The van der Waals surface area contributed by atoms with Gasteiger partial charge in [-0.15, -0.1) is 0 Å². The summed E-state index contributed by atoms with van der Waals surface area (Å²) in [4.78, 5) is 43.8. The Labute approximate surface area is 350 Å². The second-order valence-corrected chi connectivity index (χ2v) is 15.0. The van der Waals surface area contributed by atoms with E-state index in [9.17, 15) is 0 Å². The Hall–Kier alpha value is -8.37. The zero-order chi connectivity index (χ0) is 40.3. The highest BCUT2D eigenvalue weighted by atomic mass is 15.2. The fourth-order valence-electron chi connectivity index (χ4n) is 9.05. The quantitative estimate of drug-likeness (QED) is 0.177. The zero-order valence-electron chi connectivity index (χ0n) is 32.4. The average molecular weight is 785 g/mol. The van der Waals surface area contributed by atoms with Crippen molar-refractivity contribution in [2.75, 3.05) is 0 Å². The van der Waals surface area contributed by atoms with Crippen LogP contribution in [0.5, 0.6) is 0 Å². The van der Waals surface area contributed by atoms with E-state index in [1.807, 2.05) is 72.8 Å². The first-order valence-electron chi connectivity index (χ1n) is 20.1. The second-order valence-electron chi connectivity index (χ2n) is 15.0. The molecule has 1 N–H and O–H groups in total. The van der Waals surface area contributed by atoms with Crippen LogP contribution in [0.15, 0.2) is 192 Å². The number of aliphatic imine (C=N–C) groups is 2. The highest BCUT2D eigenvalue weighted by molar-refractivity contribution is 6.14. The highest BCUT2D eigenvalue weighted by Gasteiger charge is 2.52. The Balaban J connectivity index is 1.08. The summed E-state index contributed by atoms with van der Waals surface area (Å²) in [6, 6.07) is 53.9. The van der Waals surface area contributed by atoms with Gasteiger partial charge in [0.15, 0.2) is 35.3 Å². The van der Waals surface area contributed by atoms with Crippen molar-refractivity contribution in [2.45, 2.75) is 11.6 Å². The Morgan fingerprint density at radius 2 is 0.820 bits per heavy atom. The van der Waals surface area contributed by atoms with E-state index < -0.39 is 11.6 Å². The molecular formula is C51H32N10. The number of nitrogens with zero attached hydrogens (tertiary/aromatic N) is 9. The Morgan fingerprint density at radius 3 is 1.34 bits per heavy atom. The third-order valence-corrected chi connectivity index (χ3v) is 11.6. The van der Waals surface area contributed by atoms with Gasteiger partial charge in [0, 0.05) is 30.4 Å². The zero-order valence-corrected chi connectivity index (χ0v) is 32.4. The number of hydrogen-bond donors (Lipinski definition) is 1. The maximum absolute atomic E-state index is 5.19. The van der Waals surface area contributed by atoms with Crippen molar-refractivity contribution in [3.8, 4) is 56.7 Å². The molecule has 10 nitrogen and oxygen atoms in total. The maximum atomic E-state index is 5.19. The summed E-state index contributed by atoms with van der Waals surface area (Å²) in [7, 11) is 0. The van der Waals surface area contributed by atoms with Crippen molar-refractivity contribution < 1.29 is 0 Å².